The molecule has 0 bridgehead atoms. The molecule has 0 fully saturated rings. The molecule has 6 nitrogen and oxygen atoms in total. The second kappa shape index (κ2) is 5.42. The number of rotatable bonds is 3. The lowest BCUT2D eigenvalue weighted by Gasteiger charge is -2.12. The van der Waals surface area contributed by atoms with Crippen molar-refractivity contribution >= 4 is 21.8 Å². The van der Waals surface area contributed by atoms with E-state index in [9.17, 15) is 5.11 Å². The molecule has 120 valence electrons. The van der Waals surface area contributed by atoms with Gasteiger partial charge in [-0.25, -0.2) is 4.98 Å². The zero-order valence-electron chi connectivity index (χ0n) is 13.2. The van der Waals surface area contributed by atoms with Crippen molar-refractivity contribution < 1.29 is 14.6 Å². The summed E-state index contributed by atoms with van der Waals surface area (Å²) >= 11 is 0. The second-order valence-corrected chi connectivity index (χ2v) is 5.39. The number of hydrogen-bond donors (Lipinski definition) is 2. The molecular weight excluding hydrogens is 306 g/mol. The van der Waals surface area contributed by atoms with Crippen molar-refractivity contribution in [3.05, 3.63) is 42.6 Å². The van der Waals surface area contributed by atoms with E-state index in [4.69, 9.17) is 14.5 Å². The third kappa shape index (κ3) is 2.11. The topological polar surface area (TPSA) is 80.3 Å². The number of phenols is 1. The number of phenolic OH excluding ortho intramolecular Hbond substituents is 1. The summed E-state index contributed by atoms with van der Waals surface area (Å²) < 4.78 is 10.9. The van der Waals surface area contributed by atoms with Gasteiger partial charge in [-0.05, 0) is 36.4 Å². The van der Waals surface area contributed by atoms with E-state index in [2.05, 4.69) is 10.2 Å². The third-order valence-corrected chi connectivity index (χ3v) is 4.05. The van der Waals surface area contributed by atoms with E-state index in [1.54, 1.807) is 32.5 Å². The zero-order valence-corrected chi connectivity index (χ0v) is 13.2. The minimum absolute atomic E-state index is 0.213. The molecule has 2 aromatic heterocycles. The SMILES string of the molecule is COc1cc2c(-c3ccc(O)cc3)nc3[nH]ncc3c2cc1OC. The van der Waals surface area contributed by atoms with Gasteiger partial charge in [-0.3, -0.25) is 5.10 Å². The van der Waals surface area contributed by atoms with Crippen molar-refractivity contribution in [2.24, 2.45) is 0 Å². The van der Waals surface area contributed by atoms with Crippen LogP contribution in [0, 0.1) is 0 Å². The number of aromatic amines is 1. The van der Waals surface area contributed by atoms with Crippen LogP contribution in [0.2, 0.25) is 0 Å². The zero-order chi connectivity index (χ0) is 16.7. The van der Waals surface area contributed by atoms with Crippen LogP contribution in [-0.2, 0) is 0 Å². The Balaban J connectivity index is 2.12. The summed E-state index contributed by atoms with van der Waals surface area (Å²) in [6.07, 6.45) is 1.75. The molecule has 0 saturated carbocycles. The normalized spacial score (nSPS) is 11.1. The van der Waals surface area contributed by atoms with Crippen LogP contribution < -0.4 is 9.47 Å². The standard InChI is InChI=1S/C18H15N3O3/c1-23-15-7-12-13(8-16(15)24-2)17(10-3-5-11(22)6-4-10)20-18-14(12)9-19-21-18/h3-9,22H,1-2H3,(H,19,20,21). The van der Waals surface area contributed by atoms with Crippen molar-refractivity contribution in [2.45, 2.75) is 0 Å². The predicted octanol–water partition coefficient (Wildman–Crippen LogP) is 3.50. The fraction of sp³-hybridized carbons (Fsp3) is 0.111. The van der Waals surface area contributed by atoms with Crippen LogP contribution >= 0.6 is 0 Å². The molecule has 2 N–H and O–H groups in total. The van der Waals surface area contributed by atoms with Crippen LogP contribution in [0.4, 0.5) is 0 Å². The maximum absolute atomic E-state index is 9.53. The number of aromatic nitrogens is 3. The number of H-pyrrole nitrogens is 1. The average Bonchev–Trinajstić information content (AvgIpc) is 3.09. The van der Waals surface area contributed by atoms with Gasteiger partial charge in [0, 0.05) is 21.7 Å². The Morgan fingerprint density at radius 2 is 1.58 bits per heavy atom. The molecule has 0 saturated heterocycles. The number of fused-ring (bicyclic) bond motifs is 3. The van der Waals surface area contributed by atoms with Gasteiger partial charge in [-0.2, -0.15) is 5.10 Å². The van der Waals surface area contributed by atoms with E-state index >= 15 is 0 Å². The molecule has 0 atom stereocenters. The minimum Gasteiger partial charge on any atom is -0.508 e. The lowest BCUT2D eigenvalue weighted by atomic mass is 10.0. The highest BCUT2D eigenvalue weighted by atomic mass is 16.5. The molecule has 2 aromatic carbocycles. The number of hydrogen-bond acceptors (Lipinski definition) is 5. The van der Waals surface area contributed by atoms with Crippen LogP contribution in [0.15, 0.2) is 42.6 Å². The average molecular weight is 321 g/mol. The first-order valence-electron chi connectivity index (χ1n) is 7.39. The molecule has 0 unspecified atom stereocenters. The number of aromatic hydroxyl groups is 1. The van der Waals surface area contributed by atoms with Crippen molar-refractivity contribution in [1.29, 1.82) is 0 Å². The highest BCUT2D eigenvalue weighted by molar-refractivity contribution is 6.10. The van der Waals surface area contributed by atoms with Gasteiger partial charge >= 0.3 is 0 Å². The molecule has 0 aliphatic heterocycles. The molecule has 24 heavy (non-hydrogen) atoms. The Bertz CT molecular complexity index is 1040. The summed E-state index contributed by atoms with van der Waals surface area (Å²) in [7, 11) is 3.21. The van der Waals surface area contributed by atoms with Crippen LogP contribution in [0.25, 0.3) is 33.1 Å². The van der Waals surface area contributed by atoms with Crippen LogP contribution in [0.3, 0.4) is 0 Å². The monoisotopic (exact) mass is 321 g/mol. The van der Waals surface area contributed by atoms with Crippen molar-refractivity contribution in [2.75, 3.05) is 14.2 Å². The summed E-state index contributed by atoms with van der Waals surface area (Å²) in [4.78, 5) is 4.70. The Morgan fingerprint density at radius 1 is 0.917 bits per heavy atom. The molecule has 0 aliphatic rings. The number of ether oxygens (including phenoxy) is 2. The number of nitrogens with one attached hydrogen (secondary N) is 1. The minimum atomic E-state index is 0.213. The van der Waals surface area contributed by atoms with Crippen molar-refractivity contribution in [3.63, 3.8) is 0 Å². The van der Waals surface area contributed by atoms with Gasteiger partial charge in [0.15, 0.2) is 17.1 Å². The number of pyridine rings is 1. The van der Waals surface area contributed by atoms with Gasteiger partial charge in [-0.1, -0.05) is 0 Å². The second-order valence-electron chi connectivity index (χ2n) is 5.39. The Morgan fingerprint density at radius 3 is 2.25 bits per heavy atom. The molecule has 6 heteroatoms. The van der Waals surface area contributed by atoms with Crippen molar-refractivity contribution in [1.82, 2.24) is 15.2 Å². The largest absolute Gasteiger partial charge is 0.508 e. The Labute approximate surface area is 137 Å². The molecule has 0 radical (unpaired) electrons. The van der Waals surface area contributed by atoms with E-state index in [-0.39, 0.29) is 5.75 Å². The lowest BCUT2D eigenvalue weighted by Crippen LogP contribution is -1.94. The predicted molar refractivity (Wildman–Crippen MR) is 91.6 cm³/mol. The van der Waals surface area contributed by atoms with E-state index in [0.717, 1.165) is 27.4 Å². The highest BCUT2D eigenvalue weighted by Crippen LogP contribution is 2.39. The third-order valence-electron chi connectivity index (χ3n) is 4.05. The first kappa shape index (κ1) is 14.3. The summed E-state index contributed by atoms with van der Waals surface area (Å²) in [6, 6.07) is 10.8. The van der Waals surface area contributed by atoms with Gasteiger partial charge in [0.2, 0.25) is 0 Å². The van der Waals surface area contributed by atoms with E-state index < -0.39 is 0 Å². The smallest absolute Gasteiger partial charge is 0.161 e. The quantitative estimate of drug-likeness (QED) is 0.603. The van der Waals surface area contributed by atoms with Crippen LogP contribution in [0.1, 0.15) is 0 Å². The molecular formula is C18H15N3O3. The summed E-state index contributed by atoms with van der Waals surface area (Å²) in [6.45, 7) is 0. The van der Waals surface area contributed by atoms with Gasteiger partial charge in [0.25, 0.3) is 0 Å². The van der Waals surface area contributed by atoms with Crippen molar-refractivity contribution in [3.8, 4) is 28.5 Å². The number of methoxy groups -OCH3 is 2. The Hall–Kier alpha value is -3.28. The number of nitrogens with zero attached hydrogens (tertiary/aromatic N) is 2. The molecule has 0 spiro atoms. The van der Waals surface area contributed by atoms with Gasteiger partial charge < -0.3 is 14.6 Å². The lowest BCUT2D eigenvalue weighted by molar-refractivity contribution is 0.356. The van der Waals surface area contributed by atoms with Crippen LogP contribution in [0.5, 0.6) is 17.2 Å². The maximum atomic E-state index is 9.53. The molecule has 0 amide bonds. The van der Waals surface area contributed by atoms with Gasteiger partial charge in [0.1, 0.15) is 5.75 Å². The molecule has 0 aliphatic carbocycles. The fourth-order valence-electron chi connectivity index (χ4n) is 2.87. The first-order valence-corrected chi connectivity index (χ1v) is 7.39. The molecule has 4 aromatic rings. The van der Waals surface area contributed by atoms with E-state index in [1.807, 2.05) is 24.3 Å². The summed E-state index contributed by atoms with van der Waals surface area (Å²) in [5.41, 5.74) is 2.36. The van der Waals surface area contributed by atoms with Crippen LogP contribution in [-0.4, -0.2) is 34.5 Å². The first-order chi connectivity index (χ1) is 11.7. The van der Waals surface area contributed by atoms with E-state index in [1.165, 1.54) is 0 Å². The van der Waals surface area contributed by atoms with Gasteiger partial charge in [-0.15, -0.1) is 0 Å². The van der Waals surface area contributed by atoms with E-state index in [0.29, 0.717) is 17.1 Å². The van der Waals surface area contributed by atoms with Gasteiger partial charge in [0.05, 0.1) is 26.1 Å². The Kier molecular flexibility index (Phi) is 3.23. The highest BCUT2D eigenvalue weighted by Gasteiger charge is 2.15. The molecule has 4 rings (SSSR count). The summed E-state index contributed by atoms with van der Waals surface area (Å²) in [5, 5.41) is 19.3. The summed E-state index contributed by atoms with van der Waals surface area (Å²) in [5.74, 6) is 1.50. The number of benzene rings is 2. The molecule has 2 heterocycles. The fourth-order valence-corrected chi connectivity index (χ4v) is 2.87. The maximum Gasteiger partial charge on any atom is 0.161 e.